The number of benzene rings is 1. The van der Waals surface area contributed by atoms with Crippen LogP contribution in [0.3, 0.4) is 0 Å². The highest BCUT2D eigenvalue weighted by Gasteiger charge is 2.31. The fourth-order valence-corrected chi connectivity index (χ4v) is 5.18. The quantitative estimate of drug-likeness (QED) is 0.331. The second-order valence-corrected chi connectivity index (χ2v) is 9.94. The molecule has 1 amide bonds. The highest BCUT2D eigenvalue weighted by Crippen LogP contribution is 2.30. The van der Waals surface area contributed by atoms with Crippen LogP contribution in [0.4, 0.5) is 13.2 Å². The Bertz CT molecular complexity index is 1130. The molecule has 33 heavy (non-hydrogen) atoms. The first-order chi connectivity index (χ1) is 15.3. The summed E-state index contributed by atoms with van der Waals surface area (Å²) in [6.07, 6.45) is -4.77. The molecule has 0 atom stereocenters. The first-order valence-electron chi connectivity index (χ1n) is 9.28. The molecular formula is C19H19F3N2O7S2. The van der Waals surface area contributed by atoms with Gasteiger partial charge in [0.1, 0.15) is 4.21 Å². The zero-order valence-electron chi connectivity index (χ0n) is 16.8. The van der Waals surface area contributed by atoms with Crippen molar-refractivity contribution in [3.63, 3.8) is 0 Å². The van der Waals surface area contributed by atoms with Crippen molar-refractivity contribution in [2.24, 2.45) is 0 Å². The van der Waals surface area contributed by atoms with Crippen LogP contribution in [0, 0.1) is 0 Å². The first kappa shape index (κ1) is 26.3. The zero-order chi connectivity index (χ0) is 24.8. The van der Waals surface area contributed by atoms with Crippen molar-refractivity contribution in [3.05, 3.63) is 52.4 Å². The molecule has 0 spiro atoms. The van der Waals surface area contributed by atoms with Crippen LogP contribution in [-0.2, 0) is 43.7 Å². The summed E-state index contributed by atoms with van der Waals surface area (Å²) in [6, 6.07) is 6.66. The van der Waals surface area contributed by atoms with E-state index in [9.17, 15) is 36.0 Å². The summed E-state index contributed by atoms with van der Waals surface area (Å²) >= 11 is 0.746. The third-order valence-corrected chi connectivity index (χ3v) is 7.23. The minimum atomic E-state index is -4.62. The van der Waals surface area contributed by atoms with E-state index in [1.807, 2.05) is 0 Å². The predicted molar refractivity (Wildman–Crippen MR) is 110 cm³/mol. The SMILES string of the molecule is O=C(O)CCCNS(=O)(=O)c1ccc(CN(Cc2cccc(C(F)(F)F)c2)C(=O)C(=O)O)s1. The molecule has 0 aliphatic carbocycles. The van der Waals surface area contributed by atoms with E-state index in [0.29, 0.717) is 0 Å². The molecule has 14 heteroatoms. The number of carbonyl (C=O) groups is 3. The topological polar surface area (TPSA) is 141 Å². The molecule has 3 N–H and O–H groups in total. The van der Waals surface area contributed by atoms with Gasteiger partial charge >= 0.3 is 24.0 Å². The summed E-state index contributed by atoms with van der Waals surface area (Å²) in [5.41, 5.74) is -0.912. The fourth-order valence-electron chi connectivity index (χ4n) is 2.69. The van der Waals surface area contributed by atoms with Gasteiger partial charge in [0.15, 0.2) is 0 Å². The summed E-state index contributed by atoms with van der Waals surface area (Å²) < 4.78 is 65.5. The normalized spacial score (nSPS) is 11.8. The Hall–Kier alpha value is -2.97. The number of aliphatic carboxylic acids is 2. The van der Waals surface area contributed by atoms with Crippen molar-refractivity contribution < 1.29 is 46.2 Å². The number of nitrogens with one attached hydrogen (secondary N) is 1. The Kier molecular flexibility index (Phi) is 8.57. The van der Waals surface area contributed by atoms with Gasteiger partial charge in [0, 0.05) is 24.4 Å². The number of alkyl halides is 3. The van der Waals surface area contributed by atoms with Crippen LogP contribution < -0.4 is 4.72 Å². The van der Waals surface area contributed by atoms with Crippen molar-refractivity contribution >= 4 is 39.2 Å². The average Bonchev–Trinajstić information content (AvgIpc) is 3.19. The third-order valence-electron chi connectivity index (χ3n) is 4.21. The van der Waals surface area contributed by atoms with Gasteiger partial charge in [0.2, 0.25) is 10.0 Å². The molecule has 180 valence electrons. The van der Waals surface area contributed by atoms with Crippen LogP contribution in [0.2, 0.25) is 0 Å². The number of sulfonamides is 1. The summed E-state index contributed by atoms with van der Waals surface area (Å²) in [5.74, 6) is -4.25. The second-order valence-electron chi connectivity index (χ2n) is 6.78. The van der Waals surface area contributed by atoms with Crippen molar-refractivity contribution in [1.82, 2.24) is 9.62 Å². The molecular weight excluding hydrogens is 489 g/mol. The lowest BCUT2D eigenvalue weighted by atomic mass is 10.1. The Morgan fingerprint density at radius 2 is 1.76 bits per heavy atom. The number of carboxylic acid groups (broad SMARTS) is 2. The molecule has 0 fully saturated rings. The molecule has 0 saturated heterocycles. The van der Waals surface area contributed by atoms with E-state index in [4.69, 9.17) is 10.2 Å². The summed E-state index contributed by atoms with van der Waals surface area (Å²) in [7, 11) is -3.96. The van der Waals surface area contributed by atoms with Crippen molar-refractivity contribution in [3.8, 4) is 0 Å². The van der Waals surface area contributed by atoms with Crippen LogP contribution >= 0.6 is 11.3 Å². The minimum Gasteiger partial charge on any atom is -0.481 e. The van der Waals surface area contributed by atoms with E-state index in [1.165, 1.54) is 18.2 Å². The highest BCUT2D eigenvalue weighted by molar-refractivity contribution is 7.91. The average molecular weight is 508 g/mol. The number of rotatable bonds is 10. The molecule has 1 aromatic heterocycles. The maximum atomic E-state index is 12.9. The van der Waals surface area contributed by atoms with Crippen LogP contribution in [0.25, 0.3) is 0 Å². The van der Waals surface area contributed by atoms with Gasteiger partial charge < -0.3 is 15.1 Å². The van der Waals surface area contributed by atoms with Crippen molar-refractivity contribution in [2.45, 2.75) is 36.3 Å². The van der Waals surface area contributed by atoms with Crippen molar-refractivity contribution in [1.29, 1.82) is 0 Å². The van der Waals surface area contributed by atoms with Gasteiger partial charge in [-0.3, -0.25) is 9.59 Å². The lowest BCUT2D eigenvalue weighted by Crippen LogP contribution is -2.35. The molecule has 1 heterocycles. The van der Waals surface area contributed by atoms with Gasteiger partial charge in [0.25, 0.3) is 0 Å². The molecule has 1 aromatic carbocycles. The standard InChI is InChI=1S/C19H19F3N2O7S2/c20-19(21,22)13-4-1-3-12(9-13)10-24(17(27)18(28)29)11-14-6-7-16(32-14)33(30,31)23-8-2-5-15(25)26/h1,3-4,6-7,9,23H,2,5,8,10-11H2,(H,25,26)(H,28,29). The number of nitrogens with zero attached hydrogens (tertiary/aromatic N) is 1. The van der Waals surface area contributed by atoms with Crippen LogP contribution in [0.15, 0.2) is 40.6 Å². The lowest BCUT2D eigenvalue weighted by molar-refractivity contribution is -0.156. The van der Waals surface area contributed by atoms with Crippen LogP contribution in [0.5, 0.6) is 0 Å². The van der Waals surface area contributed by atoms with E-state index < -0.39 is 46.2 Å². The molecule has 0 aliphatic heterocycles. The number of thiophene rings is 1. The fraction of sp³-hybridized carbons (Fsp3) is 0.316. The van der Waals surface area contributed by atoms with E-state index in [-0.39, 0.29) is 40.6 Å². The molecule has 2 rings (SSSR count). The maximum Gasteiger partial charge on any atom is 0.416 e. The van der Waals surface area contributed by atoms with Gasteiger partial charge in [0.05, 0.1) is 12.1 Å². The molecule has 0 aliphatic rings. The molecule has 0 saturated carbocycles. The Labute approximate surface area is 190 Å². The van der Waals surface area contributed by atoms with Gasteiger partial charge in [-0.15, -0.1) is 11.3 Å². The lowest BCUT2D eigenvalue weighted by Gasteiger charge is -2.20. The highest BCUT2D eigenvalue weighted by atomic mass is 32.2. The predicted octanol–water partition coefficient (Wildman–Crippen LogP) is 2.52. The van der Waals surface area contributed by atoms with E-state index >= 15 is 0 Å². The number of halogens is 3. The zero-order valence-corrected chi connectivity index (χ0v) is 18.5. The van der Waals surface area contributed by atoms with Crippen LogP contribution in [0.1, 0.15) is 28.8 Å². The van der Waals surface area contributed by atoms with Crippen molar-refractivity contribution in [2.75, 3.05) is 6.54 Å². The summed E-state index contributed by atoms with van der Waals surface area (Å²) in [4.78, 5) is 34.9. The molecule has 0 radical (unpaired) electrons. The Morgan fingerprint density at radius 1 is 1.06 bits per heavy atom. The Morgan fingerprint density at radius 3 is 2.36 bits per heavy atom. The monoisotopic (exact) mass is 508 g/mol. The molecule has 9 nitrogen and oxygen atoms in total. The largest absolute Gasteiger partial charge is 0.481 e. The van der Waals surface area contributed by atoms with Gasteiger partial charge in [-0.05, 0) is 36.2 Å². The number of carbonyl (C=O) groups excluding carboxylic acids is 1. The van der Waals surface area contributed by atoms with Gasteiger partial charge in [-0.1, -0.05) is 12.1 Å². The molecule has 0 bridgehead atoms. The summed E-state index contributed by atoms with van der Waals surface area (Å²) in [5, 5.41) is 17.7. The third kappa shape index (κ3) is 7.83. The number of amides is 1. The van der Waals surface area contributed by atoms with E-state index in [2.05, 4.69) is 4.72 Å². The minimum absolute atomic E-state index is 0.0453. The Balaban J connectivity index is 2.17. The molecule has 0 unspecified atom stereocenters. The van der Waals surface area contributed by atoms with Crippen LogP contribution in [-0.4, -0.2) is 47.9 Å². The van der Waals surface area contributed by atoms with Gasteiger partial charge in [-0.25, -0.2) is 17.9 Å². The van der Waals surface area contributed by atoms with E-state index in [1.54, 1.807) is 0 Å². The van der Waals surface area contributed by atoms with E-state index in [0.717, 1.165) is 34.4 Å². The number of hydrogen-bond donors (Lipinski definition) is 3. The number of carboxylic acids is 2. The number of hydrogen-bond acceptors (Lipinski definition) is 6. The molecule has 2 aromatic rings. The first-order valence-corrected chi connectivity index (χ1v) is 11.6. The second kappa shape index (κ2) is 10.8. The van der Waals surface area contributed by atoms with Gasteiger partial charge in [-0.2, -0.15) is 13.2 Å². The smallest absolute Gasteiger partial charge is 0.416 e. The summed E-state index contributed by atoms with van der Waals surface area (Å²) in [6.45, 7) is -0.899. The maximum absolute atomic E-state index is 12.9.